The molecule has 1 rings (SSSR count). The molecule has 0 spiro atoms. The maximum atomic E-state index is 11.8. The lowest BCUT2D eigenvalue weighted by Gasteiger charge is -2.10. The Labute approximate surface area is 109 Å². The summed E-state index contributed by atoms with van der Waals surface area (Å²) in [6, 6.07) is 5.80. The van der Waals surface area contributed by atoms with Gasteiger partial charge in [-0.15, -0.1) is 0 Å². The van der Waals surface area contributed by atoms with Crippen LogP contribution in [0.5, 0.6) is 5.75 Å². The number of nitrogens with one attached hydrogen (secondary N) is 1. The number of rotatable bonds is 6. The average Bonchev–Trinajstić information content (AvgIpc) is 2.26. The topological polar surface area (TPSA) is 55.4 Å². The first-order valence-electron chi connectivity index (χ1n) is 5.39. The van der Waals surface area contributed by atoms with Gasteiger partial charge >= 0.3 is 6.18 Å². The fraction of sp³-hybridized carbons (Fsp3) is 0.455. The molecule has 1 N–H and O–H groups in total. The smallest absolute Gasteiger partial charge is 0.401 e. The van der Waals surface area contributed by atoms with E-state index in [1.54, 1.807) is 6.07 Å². The second kappa shape index (κ2) is 6.25. The van der Waals surface area contributed by atoms with E-state index >= 15 is 0 Å². The lowest BCUT2D eigenvalue weighted by Crippen LogP contribution is -2.31. The van der Waals surface area contributed by atoms with Crippen LogP contribution in [0.25, 0.3) is 0 Å². The Balaban J connectivity index is 2.42. The second-order valence-corrected chi connectivity index (χ2v) is 5.90. The van der Waals surface area contributed by atoms with Crippen molar-refractivity contribution < 1.29 is 26.3 Å². The van der Waals surface area contributed by atoms with Crippen molar-refractivity contribution in [1.82, 2.24) is 5.32 Å². The number of halogens is 3. The Kier molecular flexibility index (Phi) is 5.19. The molecule has 0 saturated heterocycles. The Hall–Kier alpha value is -1.28. The highest BCUT2D eigenvalue weighted by Gasteiger charge is 2.25. The van der Waals surface area contributed by atoms with Gasteiger partial charge in [0.05, 0.1) is 11.4 Å². The summed E-state index contributed by atoms with van der Waals surface area (Å²) in [5.74, 6) is 0.303. The minimum atomic E-state index is -4.25. The molecule has 0 heterocycles. The van der Waals surface area contributed by atoms with Crippen LogP contribution in [-0.2, 0) is 9.84 Å². The van der Waals surface area contributed by atoms with E-state index in [9.17, 15) is 21.6 Å². The lowest BCUT2D eigenvalue weighted by atomic mass is 10.3. The summed E-state index contributed by atoms with van der Waals surface area (Å²) >= 11 is 0. The molecule has 1 aromatic rings. The summed E-state index contributed by atoms with van der Waals surface area (Å²) in [4.78, 5) is 0.105. The lowest BCUT2D eigenvalue weighted by molar-refractivity contribution is -0.124. The quantitative estimate of drug-likeness (QED) is 0.811. The summed E-state index contributed by atoms with van der Waals surface area (Å²) in [6.07, 6.45) is -3.19. The zero-order chi connectivity index (χ0) is 14.5. The minimum absolute atomic E-state index is 0.0165. The molecular formula is C11H14F3NO3S. The van der Waals surface area contributed by atoms with Crippen molar-refractivity contribution in [2.45, 2.75) is 11.1 Å². The van der Waals surface area contributed by atoms with E-state index in [2.05, 4.69) is 5.32 Å². The number of ether oxygens (including phenoxy) is 1. The molecule has 0 atom stereocenters. The van der Waals surface area contributed by atoms with Gasteiger partial charge in [0, 0.05) is 12.8 Å². The standard InChI is InChI=1S/C11H14F3NO3S/c1-19(16,17)10-4-2-3-9(7-10)18-6-5-15-8-11(12,13)14/h2-4,7,15H,5-6,8H2,1H3. The molecule has 0 saturated carbocycles. The summed E-state index contributed by atoms with van der Waals surface area (Å²) in [6.45, 7) is -1.05. The molecule has 0 unspecified atom stereocenters. The molecule has 0 aliphatic rings. The van der Waals surface area contributed by atoms with Crippen LogP contribution >= 0.6 is 0 Å². The van der Waals surface area contributed by atoms with Gasteiger partial charge in [0.1, 0.15) is 12.4 Å². The molecule has 0 aliphatic heterocycles. The summed E-state index contributed by atoms with van der Waals surface area (Å²) < 4.78 is 63.2. The number of hydrogen-bond acceptors (Lipinski definition) is 4. The fourth-order valence-electron chi connectivity index (χ4n) is 1.27. The van der Waals surface area contributed by atoms with Crippen LogP contribution in [0, 0.1) is 0 Å². The molecule has 108 valence electrons. The summed E-state index contributed by atoms with van der Waals surface area (Å²) in [5.41, 5.74) is 0. The van der Waals surface area contributed by atoms with Gasteiger partial charge in [-0.1, -0.05) is 6.07 Å². The van der Waals surface area contributed by atoms with Gasteiger partial charge in [-0.3, -0.25) is 0 Å². The van der Waals surface area contributed by atoms with Crippen LogP contribution in [-0.4, -0.2) is 40.5 Å². The maximum Gasteiger partial charge on any atom is 0.401 e. The van der Waals surface area contributed by atoms with Crippen LogP contribution in [0.15, 0.2) is 29.2 Å². The van der Waals surface area contributed by atoms with Gasteiger partial charge in [-0.2, -0.15) is 13.2 Å². The normalized spacial score (nSPS) is 12.4. The molecule has 19 heavy (non-hydrogen) atoms. The van der Waals surface area contributed by atoms with Crippen LogP contribution in [0.1, 0.15) is 0 Å². The maximum absolute atomic E-state index is 11.8. The number of alkyl halides is 3. The van der Waals surface area contributed by atoms with Gasteiger partial charge in [-0.25, -0.2) is 8.42 Å². The van der Waals surface area contributed by atoms with Gasteiger partial charge in [0.2, 0.25) is 0 Å². The fourth-order valence-corrected chi connectivity index (χ4v) is 1.92. The first-order chi connectivity index (χ1) is 8.68. The molecule has 1 aromatic carbocycles. The highest BCUT2D eigenvalue weighted by molar-refractivity contribution is 7.90. The van der Waals surface area contributed by atoms with E-state index in [-0.39, 0.29) is 18.0 Å². The molecule has 4 nitrogen and oxygen atoms in total. The number of benzene rings is 1. The summed E-state index contributed by atoms with van der Waals surface area (Å²) in [5, 5.41) is 2.17. The van der Waals surface area contributed by atoms with E-state index in [0.717, 1.165) is 6.26 Å². The van der Waals surface area contributed by atoms with Crippen LogP contribution in [0.4, 0.5) is 13.2 Å². The Bertz CT molecular complexity index is 514. The molecule has 0 fully saturated rings. The van der Waals surface area contributed by atoms with Gasteiger partial charge in [0.15, 0.2) is 9.84 Å². The summed E-state index contributed by atoms with van der Waals surface area (Å²) in [7, 11) is -3.32. The average molecular weight is 297 g/mol. The van der Waals surface area contributed by atoms with E-state index in [1.165, 1.54) is 18.2 Å². The van der Waals surface area contributed by atoms with Gasteiger partial charge < -0.3 is 10.1 Å². The van der Waals surface area contributed by atoms with Crippen molar-refractivity contribution in [3.8, 4) is 5.75 Å². The third kappa shape index (κ3) is 6.44. The van der Waals surface area contributed by atoms with Crippen molar-refractivity contribution in [1.29, 1.82) is 0 Å². The van der Waals surface area contributed by atoms with E-state index in [4.69, 9.17) is 4.74 Å². The molecule has 0 bridgehead atoms. The van der Waals surface area contributed by atoms with Crippen LogP contribution in [0.2, 0.25) is 0 Å². The largest absolute Gasteiger partial charge is 0.492 e. The molecule has 0 radical (unpaired) electrons. The SMILES string of the molecule is CS(=O)(=O)c1cccc(OCCNCC(F)(F)F)c1. The van der Waals surface area contributed by atoms with Crippen molar-refractivity contribution >= 4 is 9.84 Å². The Morgan fingerprint density at radius 3 is 2.58 bits per heavy atom. The van der Waals surface area contributed by atoms with E-state index in [1.807, 2.05) is 0 Å². The molecule has 8 heteroatoms. The van der Waals surface area contributed by atoms with E-state index < -0.39 is 22.6 Å². The number of hydrogen-bond donors (Lipinski definition) is 1. The van der Waals surface area contributed by atoms with Crippen molar-refractivity contribution in [2.24, 2.45) is 0 Å². The first-order valence-corrected chi connectivity index (χ1v) is 7.28. The molecule has 0 aromatic heterocycles. The zero-order valence-corrected chi connectivity index (χ0v) is 11.0. The van der Waals surface area contributed by atoms with Crippen LogP contribution < -0.4 is 10.1 Å². The zero-order valence-electron chi connectivity index (χ0n) is 10.2. The number of sulfone groups is 1. The Morgan fingerprint density at radius 1 is 1.32 bits per heavy atom. The van der Waals surface area contributed by atoms with Gasteiger partial charge in [-0.05, 0) is 18.2 Å². The highest BCUT2D eigenvalue weighted by atomic mass is 32.2. The third-order valence-electron chi connectivity index (χ3n) is 2.11. The van der Waals surface area contributed by atoms with Crippen molar-refractivity contribution in [2.75, 3.05) is 26.0 Å². The second-order valence-electron chi connectivity index (χ2n) is 3.89. The molecular weight excluding hydrogens is 283 g/mol. The minimum Gasteiger partial charge on any atom is -0.492 e. The van der Waals surface area contributed by atoms with Gasteiger partial charge in [0.25, 0.3) is 0 Å². The predicted octanol–water partition coefficient (Wildman–Crippen LogP) is 1.62. The van der Waals surface area contributed by atoms with Crippen LogP contribution in [0.3, 0.4) is 0 Å². The first kappa shape index (κ1) is 15.8. The highest BCUT2D eigenvalue weighted by Crippen LogP contribution is 2.17. The van der Waals surface area contributed by atoms with E-state index in [0.29, 0.717) is 5.75 Å². The Morgan fingerprint density at radius 2 is 2.00 bits per heavy atom. The third-order valence-corrected chi connectivity index (χ3v) is 3.22. The predicted molar refractivity (Wildman–Crippen MR) is 64.0 cm³/mol. The molecule has 0 aliphatic carbocycles. The monoisotopic (exact) mass is 297 g/mol. The molecule has 0 amide bonds. The van der Waals surface area contributed by atoms with Crippen molar-refractivity contribution in [3.63, 3.8) is 0 Å². The van der Waals surface area contributed by atoms with Crippen molar-refractivity contribution in [3.05, 3.63) is 24.3 Å².